The van der Waals surface area contributed by atoms with Crippen LogP contribution in [-0.2, 0) is 11.3 Å². The van der Waals surface area contributed by atoms with E-state index in [-0.39, 0.29) is 18.0 Å². The lowest BCUT2D eigenvalue weighted by molar-refractivity contribution is 0.00277. The Kier molecular flexibility index (Phi) is 5.74. The first-order valence-corrected chi connectivity index (χ1v) is 9.98. The van der Waals surface area contributed by atoms with E-state index in [1.807, 2.05) is 48.2 Å². The number of benzene rings is 2. The third kappa shape index (κ3) is 4.11. The summed E-state index contributed by atoms with van der Waals surface area (Å²) in [6.07, 6.45) is 0.895. The summed E-state index contributed by atoms with van der Waals surface area (Å²) in [4.78, 5) is 18.3. The van der Waals surface area contributed by atoms with E-state index in [1.165, 1.54) is 5.56 Å². The molecule has 28 heavy (non-hydrogen) atoms. The minimum absolute atomic E-state index is 0.0380. The summed E-state index contributed by atoms with van der Waals surface area (Å²) in [7, 11) is 0. The van der Waals surface area contributed by atoms with Gasteiger partial charge in [0.1, 0.15) is 5.69 Å². The van der Waals surface area contributed by atoms with Gasteiger partial charge in [-0.25, -0.2) is 0 Å². The molecule has 4 rings (SSSR count). The number of nitrogens with zero attached hydrogens (tertiary/aromatic N) is 1. The number of H-pyrrole nitrogens is 1. The maximum Gasteiger partial charge on any atom is 0.270 e. The molecule has 2 heterocycles. The summed E-state index contributed by atoms with van der Waals surface area (Å²) >= 11 is 0. The van der Waals surface area contributed by atoms with Gasteiger partial charge in [0.2, 0.25) is 0 Å². The minimum atomic E-state index is 0.0380. The Morgan fingerprint density at radius 1 is 1.14 bits per heavy atom. The third-order valence-electron chi connectivity index (χ3n) is 5.43. The molecule has 0 bridgehead atoms. The number of likely N-dealkylation sites (N-methyl/N-ethyl adjacent to an activating group) is 1. The van der Waals surface area contributed by atoms with Gasteiger partial charge in [-0.1, -0.05) is 48.5 Å². The van der Waals surface area contributed by atoms with Crippen molar-refractivity contribution < 1.29 is 9.53 Å². The summed E-state index contributed by atoms with van der Waals surface area (Å²) in [6.45, 7) is 4.77. The van der Waals surface area contributed by atoms with E-state index in [9.17, 15) is 4.79 Å². The highest BCUT2D eigenvalue weighted by Crippen LogP contribution is 2.20. The molecule has 0 radical (unpaired) electrons. The fourth-order valence-electron chi connectivity index (χ4n) is 3.94. The van der Waals surface area contributed by atoms with E-state index in [0.29, 0.717) is 25.5 Å². The van der Waals surface area contributed by atoms with E-state index in [2.05, 4.69) is 34.6 Å². The first kappa shape index (κ1) is 18.7. The molecule has 0 saturated carbocycles. The van der Waals surface area contributed by atoms with Crippen molar-refractivity contribution in [3.63, 3.8) is 0 Å². The number of ether oxygens (including phenoxy) is 1. The zero-order chi connectivity index (χ0) is 19.3. The normalized spacial score (nSPS) is 19.6. The maximum atomic E-state index is 13.1. The average Bonchev–Trinajstić information content (AvgIpc) is 3.18. The molecule has 1 saturated heterocycles. The number of hydrogen-bond acceptors (Lipinski definition) is 3. The van der Waals surface area contributed by atoms with Gasteiger partial charge in [-0.05, 0) is 31.0 Å². The van der Waals surface area contributed by atoms with Crippen molar-refractivity contribution in [1.82, 2.24) is 15.2 Å². The Morgan fingerprint density at radius 3 is 2.71 bits per heavy atom. The predicted molar refractivity (Wildman–Crippen MR) is 111 cm³/mol. The first-order chi connectivity index (χ1) is 13.7. The highest BCUT2D eigenvalue weighted by Gasteiger charge is 2.30. The quantitative estimate of drug-likeness (QED) is 0.690. The second-order valence-electron chi connectivity index (χ2n) is 7.35. The summed E-state index contributed by atoms with van der Waals surface area (Å²) < 4.78 is 5.84. The topological polar surface area (TPSA) is 57.4 Å². The predicted octanol–water partition coefficient (Wildman–Crippen LogP) is 3.58. The van der Waals surface area contributed by atoms with Crippen molar-refractivity contribution in [2.75, 3.05) is 19.8 Å². The molecule has 146 valence electrons. The average molecular weight is 377 g/mol. The Balaban J connectivity index is 1.42. The molecule has 2 N–H and O–H groups in total. The van der Waals surface area contributed by atoms with Crippen LogP contribution in [0.1, 0.15) is 29.4 Å². The zero-order valence-electron chi connectivity index (χ0n) is 16.2. The van der Waals surface area contributed by atoms with Crippen LogP contribution in [0.25, 0.3) is 10.9 Å². The number of hydrogen-bond donors (Lipinski definition) is 2. The van der Waals surface area contributed by atoms with E-state index in [0.717, 1.165) is 23.9 Å². The lowest BCUT2D eigenvalue weighted by Gasteiger charge is -2.37. The van der Waals surface area contributed by atoms with Gasteiger partial charge in [-0.15, -0.1) is 0 Å². The van der Waals surface area contributed by atoms with Gasteiger partial charge >= 0.3 is 0 Å². The highest BCUT2D eigenvalue weighted by molar-refractivity contribution is 5.98. The Bertz CT molecular complexity index is 889. The molecule has 1 aliphatic heterocycles. The van der Waals surface area contributed by atoms with Gasteiger partial charge in [0.05, 0.1) is 19.3 Å². The van der Waals surface area contributed by atoms with Crippen molar-refractivity contribution in [2.45, 2.75) is 32.0 Å². The molecule has 0 spiro atoms. The van der Waals surface area contributed by atoms with Gasteiger partial charge < -0.3 is 19.9 Å². The van der Waals surface area contributed by atoms with Crippen LogP contribution in [0.4, 0.5) is 0 Å². The van der Waals surface area contributed by atoms with E-state index < -0.39 is 0 Å². The van der Waals surface area contributed by atoms with Crippen LogP contribution in [0.3, 0.4) is 0 Å². The van der Waals surface area contributed by atoms with Crippen LogP contribution >= 0.6 is 0 Å². The van der Waals surface area contributed by atoms with Gasteiger partial charge in [0, 0.05) is 30.0 Å². The molecule has 2 aromatic carbocycles. The number of para-hydroxylation sites is 1. The molecule has 1 amide bonds. The van der Waals surface area contributed by atoms with Crippen LogP contribution in [0.2, 0.25) is 0 Å². The number of fused-ring (bicyclic) bond motifs is 1. The number of amides is 1. The fourth-order valence-corrected chi connectivity index (χ4v) is 3.94. The van der Waals surface area contributed by atoms with Crippen molar-refractivity contribution in [2.24, 2.45) is 0 Å². The maximum absolute atomic E-state index is 13.1. The van der Waals surface area contributed by atoms with Crippen LogP contribution in [0.5, 0.6) is 0 Å². The Hall–Kier alpha value is -2.63. The standard InChI is InChI=1S/C23H27N3O2/c1-2-26(23(27)22-12-18-10-6-7-11-21(18)25-22)20-13-19(15-28-16-20)24-14-17-8-4-3-5-9-17/h3-12,19-20,24-25H,2,13-16H2,1H3/t19?,20-/m1/s1. The van der Waals surface area contributed by atoms with Gasteiger partial charge in [0.15, 0.2) is 0 Å². The summed E-state index contributed by atoms with van der Waals surface area (Å²) in [5, 5.41) is 4.64. The summed E-state index contributed by atoms with van der Waals surface area (Å²) in [5.74, 6) is 0.0380. The van der Waals surface area contributed by atoms with Crippen LogP contribution in [-0.4, -0.2) is 47.6 Å². The lowest BCUT2D eigenvalue weighted by Crippen LogP contribution is -2.51. The molecule has 1 aromatic heterocycles. The SMILES string of the molecule is CCN(C(=O)c1cc2ccccc2[nH]1)[C@H]1COCC(NCc2ccccc2)C1. The number of carbonyl (C=O) groups is 1. The smallest absolute Gasteiger partial charge is 0.270 e. The molecule has 2 atom stereocenters. The molecule has 0 aliphatic carbocycles. The third-order valence-corrected chi connectivity index (χ3v) is 5.43. The molecule has 1 fully saturated rings. The summed E-state index contributed by atoms with van der Waals surface area (Å²) in [5.41, 5.74) is 2.89. The van der Waals surface area contributed by atoms with E-state index >= 15 is 0 Å². The van der Waals surface area contributed by atoms with Gasteiger partial charge in [-0.3, -0.25) is 4.79 Å². The van der Waals surface area contributed by atoms with E-state index in [4.69, 9.17) is 4.74 Å². The number of aromatic nitrogens is 1. The Labute approximate surface area is 165 Å². The molecular weight excluding hydrogens is 350 g/mol. The second-order valence-corrected chi connectivity index (χ2v) is 7.35. The number of aromatic amines is 1. The lowest BCUT2D eigenvalue weighted by atomic mass is 10.0. The number of carbonyl (C=O) groups excluding carboxylic acids is 1. The van der Waals surface area contributed by atoms with Crippen molar-refractivity contribution >= 4 is 16.8 Å². The van der Waals surface area contributed by atoms with Gasteiger partial charge in [-0.2, -0.15) is 0 Å². The second kappa shape index (κ2) is 8.59. The van der Waals surface area contributed by atoms with Crippen molar-refractivity contribution in [3.05, 3.63) is 71.9 Å². The van der Waals surface area contributed by atoms with Crippen molar-refractivity contribution in [3.8, 4) is 0 Å². The summed E-state index contributed by atoms with van der Waals surface area (Å²) in [6, 6.07) is 20.6. The highest BCUT2D eigenvalue weighted by atomic mass is 16.5. The molecule has 3 aromatic rings. The molecule has 5 nitrogen and oxygen atoms in total. The molecule has 1 aliphatic rings. The zero-order valence-corrected chi connectivity index (χ0v) is 16.2. The first-order valence-electron chi connectivity index (χ1n) is 9.98. The van der Waals surface area contributed by atoms with Gasteiger partial charge in [0.25, 0.3) is 5.91 Å². The molecular formula is C23H27N3O2. The number of nitrogens with one attached hydrogen (secondary N) is 2. The molecule has 1 unspecified atom stereocenters. The monoisotopic (exact) mass is 377 g/mol. The van der Waals surface area contributed by atoms with Crippen molar-refractivity contribution in [1.29, 1.82) is 0 Å². The molecule has 5 heteroatoms. The largest absolute Gasteiger partial charge is 0.378 e. The van der Waals surface area contributed by atoms with Crippen LogP contribution in [0, 0.1) is 0 Å². The fraction of sp³-hybridized carbons (Fsp3) is 0.348. The Morgan fingerprint density at radius 2 is 1.93 bits per heavy atom. The minimum Gasteiger partial charge on any atom is -0.378 e. The van der Waals surface area contributed by atoms with Crippen LogP contribution in [0.15, 0.2) is 60.7 Å². The number of rotatable bonds is 6. The van der Waals surface area contributed by atoms with Crippen LogP contribution < -0.4 is 5.32 Å². The van der Waals surface area contributed by atoms with E-state index in [1.54, 1.807) is 0 Å².